The third kappa shape index (κ3) is 3.69. The number of hydrogen-bond donors (Lipinski definition) is 0. The zero-order valence-electron chi connectivity index (χ0n) is 16.4. The second-order valence-electron chi connectivity index (χ2n) is 7.68. The van der Waals surface area contributed by atoms with Crippen LogP contribution in [0.3, 0.4) is 0 Å². The lowest BCUT2D eigenvalue weighted by molar-refractivity contribution is -0.175. The van der Waals surface area contributed by atoms with Crippen LogP contribution < -0.4 is 0 Å². The molecule has 0 amide bonds. The Morgan fingerprint density at radius 2 is 2.04 bits per heavy atom. The van der Waals surface area contributed by atoms with Crippen molar-refractivity contribution in [1.82, 2.24) is 0 Å². The van der Waals surface area contributed by atoms with Gasteiger partial charge in [0.25, 0.3) is 0 Å². The third-order valence-electron chi connectivity index (χ3n) is 5.76. The number of rotatable bonds is 7. The van der Waals surface area contributed by atoms with Gasteiger partial charge in [-0.2, -0.15) is 0 Å². The molecule has 5 nitrogen and oxygen atoms in total. The summed E-state index contributed by atoms with van der Waals surface area (Å²) >= 11 is 0. The summed E-state index contributed by atoms with van der Waals surface area (Å²) in [5.41, 5.74) is 1.64. The standard InChI is InChI=1S/C20H32O5/c1-7-15-16-10-14(2)11-20(15,18(21)23-6)12-17(19(16,3)4)25-13-24-9-8-22-5/h7,10,16-17H,8-9,11-13H2,1-6H3/b15-7-/t16-,17-,20+/m1/s1. The van der Waals surface area contributed by atoms with Gasteiger partial charge >= 0.3 is 5.97 Å². The highest BCUT2D eigenvalue weighted by Crippen LogP contribution is 2.59. The van der Waals surface area contributed by atoms with Crippen molar-refractivity contribution < 1.29 is 23.7 Å². The third-order valence-corrected chi connectivity index (χ3v) is 5.76. The molecule has 142 valence electrons. The summed E-state index contributed by atoms with van der Waals surface area (Å²) in [5, 5.41) is 0. The van der Waals surface area contributed by atoms with Gasteiger partial charge in [-0.15, -0.1) is 0 Å². The normalized spacial score (nSPS) is 32.4. The van der Waals surface area contributed by atoms with Crippen molar-refractivity contribution in [3.8, 4) is 0 Å². The van der Waals surface area contributed by atoms with E-state index >= 15 is 0 Å². The number of ether oxygens (including phenoxy) is 4. The van der Waals surface area contributed by atoms with Gasteiger partial charge in [0.15, 0.2) is 0 Å². The topological polar surface area (TPSA) is 54.0 Å². The number of hydrogen-bond acceptors (Lipinski definition) is 5. The Hall–Kier alpha value is -1.17. The molecule has 0 heterocycles. The SMILES string of the molecule is C/C=C1/[C@H]2C=C(C)C[C@]1(C(=O)OC)C[C@@H](OCOCCOC)C2(C)C. The Bertz CT molecular complexity index is 548. The number of allylic oxidation sites excluding steroid dienone is 3. The van der Waals surface area contributed by atoms with Crippen LogP contribution in [0.5, 0.6) is 0 Å². The molecule has 5 heteroatoms. The number of esters is 1. The van der Waals surface area contributed by atoms with Crippen LogP contribution in [-0.4, -0.2) is 46.3 Å². The zero-order valence-corrected chi connectivity index (χ0v) is 16.4. The van der Waals surface area contributed by atoms with Gasteiger partial charge in [0.1, 0.15) is 6.79 Å². The van der Waals surface area contributed by atoms with E-state index in [1.165, 1.54) is 12.7 Å². The fourth-order valence-electron chi connectivity index (χ4n) is 4.42. The van der Waals surface area contributed by atoms with Gasteiger partial charge in [0, 0.05) is 18.4 Å². The molecule has 0 aromatic rings. The smallest absolute Gasteiger partial charge is 0.316 e. The van der Waals surface area contributed by atoms with Crippen molar-refractivity contribution >= 4 is 5.97 Å². The molecule has 0 radical (unpaired) electrons. The van der Waals surface area contributed by atoms with Crippen LogP contribution in [-0.2, 0) is 23.7 Å². The van der Waals surface area contributed by atoms with E-state index < -0.39 is 5.41 Å². The second-order valence-corrected chi connectivity index (χ2v) is 7.68. The lowest BCUT2D eigenvalue weighted by Gasteiger charge is -2.55. The fraction of sp³-hybridized carbons (Fsp3) is 0.750. The van der Waals surface area contributed by atoms with Crippen LogP contribution in [0.1, 0.15) is 40.5 Å². The lowest BCUT2D eigenvalue weighted by Crippen LogP contribution is -2.55. The first-order valence-electron chi connectivity index (χ1n) is 8.94. The van der Waals surface area contributed by atoms with E-state index in [0.29, 0.717) is 26.1 Å². The molecule has 2 aliphatic rings. The highest BCUT2D eigenvalue weighted by molar-refractivity contribution is 5.82. The molecule has 0 unspecified atom stereocenters. The maximum absolute atomic E-state index is 12.8. The summed E-state index contributed by atoms with van der Waals surface area (Å²) in [7, 11) is 3.11. The van der Waals surface area contributed by atoms with Crippen molar-refractivity contribution in [1.29, 1.82) is 0 Å². The van der Waals surface area contributed by atoms with Crippen LogP contribution in [0.2, 0.25) is 0 Å². The molecule has 2 bridgehead atoms. The summed E-state index contributed by atoms with van der Waals surface area (Å²) in [6, 6.07) is 0. The maximum Gasteiger partial charge on any atom is 0.316 e. The molecule has 0 spiro atoms. The molecule has 0 saturated heterocycles. The molecule has 0 N–H and O–H groups in total. The van der Waals surface area contributed by atoms with Gasteiger partial charge in [-0.25, -0.2) is 0 Å². The Kier molecular flexibility index (Phi) is 6.46. The highest BCUT2D eigenvalue weighted by Gasteiger charge is 2.58. The first kappa shape index (κ1) is 20.1. The minimum Gasteiger partial charge on any atom is -0.468 e. The Morgan fingerprint density at radius 1 is 1.32 bits per heavy atom. The Labute approximate surface area is 151 Å². The van der Waals surface area contributed by atoms with Crippen LogP contribution in [0.4, 0.5) is 0 Å². The van der Waals surface area contributed by atoms with E-state index in [1.54, 1.807) is 7.11 Å². The second kappa shape index (κ2) is 8.02. The van der Waals surface area contributed by atoms with Gasteiger partial charge in [-0.05, 0) is 32.3 Å². The predicted molar refractivity (Wildman–Crippen MR) is 96.0 cm³/mol. The molecule has 0 aromatic carbocycles. The summed E-state index contributed by atoms with van der Waals surface area (Å²) in [4.78, 5) is 12.8. The molecule has 3 atom stereocenters. The lowest BCUT2D eigenvalue weighted by atomic mass is 9.51. The quantitative estimate of drug-likeness (QED) is 0.304. The molecule has 2 aliphatic carbocycles. The maximum atomic E-state index is 12.8. The van der Waals surface area contributed by atoms with Crippen molar-refractivity contribution in [3.63, 3.8) is 0 Å². The average molecular weight is 352 g/mol. The summed E-state index contributed by atoms with van der Waals surface area (Å²) in [6.07, 6.45) is 5.60. The average Bonchev–Trinajstić information content (AvgIpc) is 2.58. The molecule has 1 saturated carbocycles. The zero-order chi connectivity index (χ0) is 18.7. The summed E-state index contributed by atoms with van der Waals surface area (Å²) in [6.45, 7) is 9.76. The van der Waals surface area contributed by atoms with Crippen LogP contribution in [0, 0.1) is 16.7 Å². The van der Waals surface area contributed by atoms with Crippen LogP contribution in [0.15, 0.2) is 23.3 Å². The molecule has 1 fully saturated rings. The number of carbonyl (C=O) groups is 1. The van der Waals surface area contributed by atoms with Crippen molar-refractivity contribution in [2.45, 2.75) is 46.6 Å². The van der Waals surface area contributed by atoms with Gasteiger partial charge in [-0.3, -0.25) is 4.79 Å². The Balaban J connectivity index is 2.29. The highest BCUT2D eigenvalue weighted by atomic mass is 16.7. The number of carbonyl (C=O) groups excluding carboxylic acids is 1. The van der Waals surface area contributed by atoms with E-state index in [9.17, 15) is 4.79 Å². The summed E-state index contributed by atoms with van der Waals surface area (Å²) < 4.78 is 21.8. The van der Waals surface area contributed by atoms with E-state index in [2.05, 4.69) is 32.9 Å². The molecule has 0 aromatic heterocycles. The van der Waals surface area contributed by atoms with Crippen LogP contribution >= 0.6 is 0 Å². The van der Waals surface area contributed by atoms with Crippen molar-refractivity contribution in [2.75, 3.05) is 34.2 Å². The monoisotopic (exact) mass is 352 g/mol. The number of fused-ring (bicyclic) bond motifs is 2. The van der Waals surface area contributed by atoms with Gasteiger partial charge in [0.05, 0.1) is 31.8 Å². The van der Waals surface area contributed by atoms with E-state index in [1.807, 2.05) is 6.92 Å². The van der Waals surface area contributed by atoms with Gasteiger partial charge < -0.3 is 18.9 Å². The van der Waals surface area contributed by atoms with Gasteiger partial charge in [-0.1, -0.05) is 31.6 Å². The minimum absolute atomic E-state index is 0.0906. The molecular weight excluding hydrogens is 320 g/mol. The minimum atomic E-state index is -0.625. The van der Waals surface area contributed by atoms with Crippen LogP contribution in [0.25, 0.3) is 0 Å². The van der Waals surface area contributed by atoms with E-state index in [-0.39, 0.29) is 30.2 Å². The number of methoxy groups -OCH3 is 2. The summed E-state index contributed by atoms with van der Waals surface area (Å²) in [5.74, 6) is -0.00877. The first-order valence-corrected chi connectivity index (χ1v) is 8.94. The van der Waals surface area contributed by atoms with Crippen molar-refractivity contribution in [3.05, 3.63) is 23.3 Å². The van der Waals surface area contributed by atoms with E-state index in [0.717, 1.165) is 5.57 Å². The van der Waals surface area contributed by atoms with E-state index in [4.69, 9.17) is 18.9 Å². The molecule has 25 heavy (non-hydrogen) atoms. The molecule has 2 rings (SSSR count). The molecular formula is C20H32O5. The predicted octanol–water partition coefficient (Wildman–Crippen LogP) is 3.49. The fourth-order valence-corrected chi connectivity index (χ4v) is 4.42. The van der Waals surface area contributed by atoms with Crippen molar-refractivity contribution in [2.24, 2.45) is 16.7 Å². The largest absolute Gasteiger partial charge is 0.468 e. The van der Waals surface area contributed by atoms with Gasteiger partial charge in [0.2, 0.25) is 0 Å². The first-order chi connectivity index (χ1) is 11.8. The molecule has 0 aliphatic heterocycles. The Morgan fingerprint density at radius 3 is 2.64 bits per heavy atom.